The van der Waals surface area contributed by atoms with E-state index in [0.29, 0.717) is 11.1 Å². The lowest BCUT2D eigenvalue weighted by Gasteiger charge is -2.20. The van der Waals surface area contributed by atoms with Crippen molar-refractivity contribution in [3.63, 3.8) is 0 Å². The topological polar surface area (TPSA) is 78.6 Å². The van der Waals surface area contributed by atoms with Gasteiger partial charge in [0.1, 0.15) is 5.60 Å². The van der Waals surface area contributed by atoms with E-state index in [9.17, 15) is 9.59 Å². The maximum Gasteiger partial charge on any atom is 0.339 e. The lowest BCUT2D eigenvalue weighted by Crippen LogP contribution is -2.24. The van der Waals surface area contributed by atoms with Crippen LogP contribution in [-0.2, 0) is 9.47 Å². The molecule has 0 saturated heterocycles. The fourth-order valence-electron chi connectivity index (χ4n) is 1.57. The molecule has 0 amide bonds. The van der Waals surface area contributed by atoms with E-state index >= 15 is 0 Å². The number of hydrogen-bond donors (Lipinski definition) is 1. The van der Waals surface area contributed by atoms with Crippen LogP contribution < -0.4 is 5.73 Å². The summed E-state index contributed by atoms with van der Waals surface area (Å²) in [5.74, 6) is -1.07. The Morgan fingerprint density at radius 1 is 1.11 bits per heavy atom. The van der Waals surface area contributed by atoms with Crippen molar-refractivity contribution in [2.24, 2.45) is 0 Å². The summed E-state index contributed by atoms with van der Waals surface area (Å²) < 4.78 is 9.90. The van der Waals surface area contributed by atoms with E-state index in [-0.39, 0.29) is 11.3 Å². The van der Waals surface area contributed by atoms with Gasteiger partial charge >= 0.3 is 11.9 Å². The van der Waals surface area contributed by atoms with Crippen molar-refractivity contribution in [3.8, 4) is 0 Å². The normalized spacial score (nSPS) is 11.0. The zero-order chi connectivity index (χ0) is 14.8. The molecular weight excluding hydrogens is 246 g/mol. The Labute approximate surface area is 112 Å². The highest BCUT2D eigenvalue weighted by Crippen LogP contribution is 2.22. The highest BCUT2D eigenvalue weighted by atomic mass is 16.6. The molecule has 19 heavy (non-hydrogen) atoms. The average Bonchev–Trinajstić information content (AvgIpc) is 2.25. The number of ether oxygens (including phenoxy) is 2. The third-order valence-corrected chi connectivity index (χ3v) is 2.42. The van der Waals surface area contributed by atoms with Crippen LogP contribution in [0.2, 0.25) is 0 Å². The van der Waals surface area contributed by atoms with Crippen LogP contribution in [0.15, 0.2) is 12.1 Å². The van der Waals surface area contributed by atoms with E-state index in [2.05, 4.69) is 4.74 Å². The molecule has 0 unspecified atom stereocenters. The van der Waals surface area contributed by atoms with E-state index in [0.717, 1.165) is 0 Å². The minimum atomic E-state index is -0.601. The lowest BCUT2D eigenvalue weighted by molar-refractivity contribution is 0.00688. The average molecular weight is 265 g/mol. The van der Waals surface area contributed by atoms with Gasteiger partial charge in [0.05, 0.1) is 18.2 Å². The van der Waals surface area contributed by atoms with Crippen LogP contribution in [0.1, 0.15) is 47.1 Å². The zero-order valence-corrected chi connectivity index (χ0v) is 11.9. The highest BCUT2D eigenvalue weighted by Gasteiger charge is 2.22. The van der Waals surface area contributed by atoms with Crippen molar-refractivity contribution >= 4 is 17.6 Å². The molecule has 104 valence electrons. The highest BCUT2D eigenvalue weighted by molar-refractivity contribution is 6.00. The first kappa shape index (κ1) is 15.0. The van der Waals surface area contributed by atoms with Crippen molar-refractivity contribution in [3.05, 3.63) is 28.8 Å². The fourth-order valence-corrected chi connectivity index (χ4v) is 1.57. The van der Waals surface area contributed by atoms with Crippen LogP contribution in [0.5, 0.6) is 0 Å². The Morgan fingerprint density at radius 3 is 2.16 bits per heavy atom. The van der Waals surface area contributed by atoms with Gasteiger partial charge in [0.25, 0.3) is 0 Å². The molecule has 0 heterocycles. The molecule has 0 radical (unpaired) electrons. The van der Waals surface area contributed by atoms with Gasteiger partial charge in [-0.15, -0.1) is 0 Å². The lowest BCUT2D eigenvalue weighted by atomic mass is 10.0. The van der Waals surface area contributed by atoms with Gasteiger partial charge in [0.2, 0.25) is 0 Å². The van der Waals surface area contributed by atoms with Gasteiger partial charge in [-0.1, -0.05) is 0 Å². The SMILES string of the molecule is COC(=O)c1cc(C(=O)OC(C)(C)C)c(C)cc1N. The molecule has 5 heteroatoms. The standard InChI is InChI=1S/C14H19NO4/c1-8-6-11(15)10(12(16)18-5)7-9(8)13(17)19-14(2,3)4/h6-7H,15H2,1-5H3. The first-order chi connectivity index (χ1) is 8.65. The van der Waals surface area contributed by atoms with E-state index in [4.69, 9.17) is 10.5 Å². The van der Waals surface area contributed by atoms with Crippen LogP contribution in [0, 0.1) is 6.92 Å². The van der Waals surface area contributed by atoms with Gasteiger partial charge in [-0.2, -0.15) is 0 Å². The molecule has 2 N–H and O–H groups in total. The molecule has 0 fully saturated rings. The number of benzene rings is 1. The van der Waals surface area contributed by atoms with Crippen LogP contribution in [0.25, 0.3) is 0 Å². The minimum absolute atomic E-state index is 0.161. The quantitative estimate of drug-likeness (QED) is 0.655. The molecule has 0 aliphatic heterocycles. The molecule has 0 aromatic heterocycles. The molecule has 0 bridgehead atoms. The van der Waals surface area contributed by atoms with Crippen molar-refractivity contribution in [2.45, 2.75) is 33.3 Å². The van der Waals surface area contributed by atoms with Crippen LogP contribution in [0.4, 0.5) is 5.69 Å². The maximum atomic E-state index is 12.0. The Kier molecular flexibility index (Phi) is 4.19. The molecule has 0 spiro atoms. The molecule has 0 atom stereocenters. The van der Waals surface area contributed by atoms with Gasteiger partial charge in [0, 0.05) is 5.69 Å². The molecular formula is C14H19NO4. The maximum absolute atomic E-state index is 12.0. The van der Waals surface area contributed by atoms with Gasteiger partial charge in [0.15, 0.2) is 0 Å². The predicted molar refractivity (Wildman–Crippen MR) is 72.1 cm³/mol. The van der Waals surface area contributed by atoms with Crippen molar-refractivity contribution in [1.82, 2.24) is 0 Å². The Hall–Kier alpha value is -2.04. The molecule has 1 aromatic rings. The van der Waals surface area contributed by atoms with E-state index in [1.165, 1.54) is 13.2 Å². The first-order valence-corrected chi connectivity index (χ1v) is 5.87. The number of rotatable bonds is 2. The van der Waals surface area contributed by atoms with Gasteiger partial charge in [-0.05, 0) is 45.4 Å². The van der Waals surface area contributed by atoms with E-state index in [1.807, 2.05) is 0 Å². The zero-order valence-electron chi connectivity index (χ0n) is 11.9. The number of nitrogen functional groups attached to an aromatic ring is 1. The number of nitrogens with two attached hydrogens (primary N) is 1. The second kappa shape index (κ2) is 5.30. The van der Waals surface area contributed by atoms with E-state index in [1.54, 1.807) is 33.8 Å². The number of methoxy groups -OCH3 is 1. The summed E-state index contributed by atoms with van der Waals surface area (Å²) in [6.45, 7) is 7.06. The summed E-state index contributed by atoms with van der Waals surface area (Å²) in [6.07, 6.45) is 0. The monoisotopic (exact) mass is 265 g/mol. The van der Waals surface area contributed by atoms with Gasteiger partial charge in [-0.25, -0.2) is 9.59 Å². The van der Waals surface area contributed by atoms with Gasteiger partial charge in [-0.3, -0.25) is 0 Å². The predicted octanol–water partition coefficient (Wildman–Crippen LogP) is 2.32. The van der Waals surface area contributed by atoms with Crippen LogP contribution in [0.3, 0.4) is 0 Å². The molecule has 5 nitrogen and oxygen atoms in total. The fraction of sp³-hybridized carbons (Fsp3) is 0.429. The first-order valence-electron chi connectivity index (χ1n) is 5.87. The van der Waals surface area contributed by atoms with Crippen LogP contribution in [-0.4, -0.2) is 24.6 Å². The number of carbonyl (C=O) groups is 2. The summed E-state index contributed by atoms with van der Waals surface area (Å²) in [6, 6.07) is 2.97. The van der Waals surface area contributed by atoms with Crippen molar-refractivity contribution < 1.29 is 19.1 Å². The number of carbonyl (C=O) groups excluding carboxylic acids is 2. The molecule has 0 aliphatic carbocycles. The molecule has 1 rings (SSSR count). The number of aryl methyl sites for hydroxylation is 1. The summed E-state index contributed by atoms with van der Waals surface area (Å²) in [5.41, 5.74) is 6.54. The molecule has 1 aromatic carbocycles. The summed E-state index contributed by atoms with van der Waals surface area (Å²) in [5, 5.41) is 0. The van der Waals surface area contributed by atoms with Gasteiger partial charge < -0.3 is 15.2 Å². The third kappa shape index (κ3) is 3.71. The largest absolute Gasteiger partial charge is 0.465 e. The summed E-state index contributed by atoms with van der Waals surface area (Å²) in [7, 11) is 1.26. The third-order valence-electron chi connectivity index (χ3n) is 2.42. The van der Waals surface area contributed by atoms with Crippen molar-refractivity contribution in [2.75, 3.05) is 12.8 Å². The number of esters is 2. The van der Waals surface area contributed by atoms with Crippen molar-refractivity contribution in [1.29, 1.82) is 0 Å². The Bertz CT molecular complexity index is 515. The molecule has 0 saturated carbocycles. The van der Waals surface area contributed by atoms with Crippen LogP contribution >= 0.6 is 0 Å². The Balaban J connectivity index is 3.21. The Morgan fingerprint density at radius 2 is 1.68 bits per heavy atom. The minimum Gasteiger partial charge on any atom is -0.465 e. The smallest absolute Gasteiger partial charge is 0.339 e. The second-order valence-electron chi connectivity index (χ2n) is 5.25. The molecule has 0 aliphatic rings. The summed E-state index contributed by atoms with van der Waals surface area (Å²) in [4.78, 5) is 23.6. The summed E-state index contributed by atoms with van der Waals surface area (Å²) >= 11 is 0. The van der Waals surface area contributed by atoms with E-state index < -0.39 is 17.5 Å². The number of hydrogen-bond acceptors (Lipinski definition) is 5. The number of anilines is 1. The second-order valence-corrected chi connectivity index (χ2v) is 5.25.